The van der Waals surface area contributed by atoms with E-state index in [1.54, 1.807) is 42.5 Å². The van der Waals surface area contributed by atoms with Gasteiger partial charge < -0.3 is 15.9 Å². The highest BCUT2D eigenvalue weighted by Crippen LogP contribution is 2.10. The Morgan fingerprint density at radius 1 is 0.733 bits per heavy atom. The summed E-state index contributed by atoms with van der Waals surface area (Å²) in [5.74, 6) is 0.535. The van der Waals surface area contributed by atoms with Gasteiger partial charge in [0.2, 0.25) is 0 Å². The van der Waals surface area contributed by atoms with Crippen molar-refractivity contribution in [3.63, 3.8) is 0 Å². The van der Waals surface area contributed by atoms with Crippen LogP contribution in [0.25, 0.3) is 0 Å². The molecule has 0 aliphatic heterocycles. The largest absolute Gasteiger partial charge is 0.508 e. The average molecular weight is 203 g/mol. The van der Waals surface area contributed by atoms with Crippen molar-refractivity contribution in [1.82, 2.24) is 0 Å². The number of phenolic OH excluding ortho intramolecular Hbond substituents is 2. The zero-order valence-corrected chi connectivity index (χ0v) is 8.17. The number of hydrogen-bond donors (Lipinski definition) is 3. The molecule has 0 fully saturated rings. The molecule has 0 spiro atoms. The molecule has 0 aliphatic rings. The van der Waals surface area contributed by atoms with E-state index >= 15 is 0 Å². The van der Waals surface area contributed by atoms with E-state index < -0.39 is 0 Å². The van der Waals surface area contributed by atoms with Gasteiger partial charge in [0.1, 0.15) is 11.5 Å². The normalized spacial score (nSPS) is 8.80. The molecular formula is C12H13NO2. The molecule has 3 heteroatoms. The summed E-state index contributed by atoms with van der Waals surface area (Å²) in [6, 6.07) is 15.2. The van der Waals surface area contributed by atoms with Gasteiger partial charge in [-0.1, -0.05) is 24.3 Å². The van der Waals surface area contributed by atoms with Crippen LogP contribution in [0.1, 0.15) is 0 Å². The highest BCUT2D eigenvalue weighted by Gasteiger charge is 1.83. The molecular weight excluding hydrogens is 190 g/mol. The maximum Gasteiger partial charge on any atom is 0.117 e. The lowest BCUT2D eigenvalue weighted by atomic mass is 10.3. The van der Waals surface area contributed by atoms with Gasteiger partial charge in [-0.3, -0.25) is 0 Å². The van der Waals surface area contributed by atoms with Crippen LogP contribution in [-0.2, 0) is 0 Å². The molecule has 0 unspecified atom stereocenters. The summed E-state index contributed by atoms with van der Waals surface area (Å²) < 4.78 is 0. The fraction of sp³-hybridized carbons (Fsp3) is 0. The van der Waals surface area contributed by atoms with Crippen LogP contribution in [-0.4, -0.2) is 10.2 Å². The smallest absolute Gasteiger partial charge is 0.117 e. The maximum absolute atomic E-state index is 8.73. The van der Waals surface area contributed by atoms with Crippen LogP contribution in [0.3, 0.4) is 0 Å². The molecule has 0 radical (unpaired) electrons. The minimum atomic E-state index is 0.213. The molecule has 3 nitrogen and oxygen atoms in total. The number of phenols is 2. The zero-order valence-electron chi connectivity index (χ0n) is 8.17. The molecule has 0 aromatic heterocycles. The SMILES string of the molecule is Nc1cccc(O)c1.Oc1ccccc1. The Kier molecular flexibility index (Phi) is 4.04. The number of anilines is 1. The van der Waals surface area contributed by atoms with Crippen molar-refractivity contribution in [1.29, 1.82) is 0 Å². The van der Waals surface area contributed by atoms with Crippen molar-refractivity contribution in [2.24, 2.45) is 0 Å². The third kappa shape index (κ3) is 4.57. The number of hydrogen-bond acceptors (Lipinski definition) is 3. The first-order valence-corrected chi connectivity index (χ1v) is 4.47. The lowest BCUT2D eigenvalue weighted by molar-refractivity contribution is 0.475. The van der Waals surface area contributed by atoms with Crippen LogP contribution in [0.4, 0.5) is 5.69 Å². The van der Waals surface area contributed by atoms with Gasteiger partial charge in [-0.2, -0.15) is 0 Å². The Balaban J connectivity index is 0.000000151. The molecule has 0 aliphatic carbocycles. The molecule has 2 aromatic rings. The van der Waals surface area contributed by atoms with Gasteiger partial charge in [0.05, 0.1) is 0 Å². The third-order valence-corrected chi connectivity index (χ3v) is 1.63. The van der Waals surface area contributed by atoms with Gasteiger partial charge >= 0.3 is 0 Å². The molecule has 78 valence electrons. The van der Waals surface area contributed by atoms with Gasteiger partial charge in [-0.05, 0) is 24.3 Å². The number of rotatable bonds is 0. The third-order valence-electron chi connectivity index (χ3n) is 1.63. The summed E-state index contributed by atoms with van der Waals surface area (Å²) in [5, 5.41) is 17.4. The van der Waals surface area contributed by atoms with Gasteiger partial charge in [-0.15, -0.1) is 0 Å². The van der Waals surface area contributed by atoms with Gasteiger partial charge in [0, 0.05) is 11.8 Å². The van der Waals surface area contributed by atoms with Crippen molar-refractivity contribution < 1.29 is 10.2 Å². The predicted octanol–water partition coefficient (Wildman–Crippen LogP) is 2.37. The predicted molar refractivity (Wildman–Crippen MR) is 60.6 cm³/mol. The topological polar surface area (TPSA) is 66.5 Å². The molecule has 2 rings (SSSR count). The van der Waals surface area contributed by atoms with E-state index in [9.17, 15) is 0 Å². The summed E-state index contributed by atoms with van der Waals surface area (Å²) in [5.41, 5.74) is 5.89. The standard InChI is InChI=1S/C6H7NO.C6H6O/c7-5-2-1-3-6(8)4-5;7-6-4-2-1-3-5-6/h1-4,8H,7H2;1-5,7H. The van der Waals surface area contributed by atoms with E-state index in [1.165, 1.54) is 6.07 Å². The van der Waals surface area contributed by atoms with Crippen molar-refractivity contribution in [3.05, 3.63) is 54.6 Å². The lowest BCUT2D eigenvalue weighted by Crippen LogP contribution is -1.80. The van der Waals surface area contributed by atoms with Crippen LogP contribution in [0, 0.1) is 0 Å². The van der Waals surface area contributed by atoms with Crippen LogP contribution < -0.4 is 5.73 Å². The van der Waals surface area contributed by atoms with Crippen molar-refractivity contribution in [2.45, 2.75) is 0 Å². The molecule has 4 N–H and O–H groups in total. The molecule has 0 atom stereocenters. The van der Waals surface area contributed by atoms with Crippen molar-refractivity contribution in [2.75, 3.05) is 5.73 Å². The molecule has 0 heterocycles. The van der Waals surface area contributed by atoms with Crippen LogP contribution >= 0.6 is 0 Å². The monoisotopic (exact) mass is 203 g/mol. The second-order valence-corrected chi connectivity index (χ2v) is 2.93. The first-order chi connectivity index (χ1) is 7.18. The maximum atomic E-state index is 8.73. The second kappa shape index (κ2) is 5.54. The van der Waals surface area contributed by atoms with Gasteiger partial charge in [0.25, 0.3) is 0 Å². The summed E-state index contributed by atoms with van der Waals surface area (Å²) >= 11 is 0. The van der Waals surface area contributed by atoms with Crippen LogP contribution in [0.5, 0.6) is 11.5 Å². The molecule has 0 bridgehead atoms. The summed E-state index contributed by atoms with van der Waals surface area (Å²) in [6.07, 6.45) is 0. The molecule has 2 aromatic carbocycles. The molecule has 15 heavy (non-hydrogen) atoms. The van der Waals surface area contributed by atoms with E-state index in [2.05, 4.69) is 0 Å². The number of benzene rings is 2. The Labute approximate surface area is 88.4 Å². The average Bonchev–Trinajstić information content (AvgIpc) is 2.19. The number of aromatic hydroxyl groups is 2. The van der Waals surface area contributed by atoms with E-state index in [1.807, 2.05) is 6.07 Å². The van der Waals surface area contributed by atoms with Crippen molar-refractivity contribution in [3.8, 4) is 11.5 Å². The highest BCUT2D eigenvalue weighted by atomic mass is 16.3. The fourth-order valence-electron chi connectivity index (χ4n) is 0.953. The molecule has 0 amide bonds. The van der Waals surface area contributed by atoms with Crippen molar-refractivity contribution >= 4 is 5.69 Å². The Bertz CT molecular complexity index is 384. The highest BCUT2D eigenvalue weighted by molar-refractivity contribution is 5.42. The number of para-hydroxylation sites is 1. The number of nitrogens with two attached hydrogens (primary N) is 1. The quantitative estimate of drug-likeness (QED) is 0.576. The Morgan fingerprint density at radius 2 is 1.33 bits per heavy atom. The summed E-state index contributed by atoms with van der Waals surface area (Å²) in [6.45, 7) is 0. The van der Waals surface area contributed by atoms with E-state index in [0.29, 0.717) is 11.4 Å². The van der Waals surface area contributed by atoms with Gasteiger partial charge in [0.15, 0.2) is 0 Å². The molecule has 0 saturated heterocycles. The zero-order chi connectivity index (χ0) is 11.1. The van der Waals surface area contributed by atoms with Crippen LogP contribution in [0.15, 0.2) is 54.6 Å². The summed E-state index contributed by atoms with van der Waals surface area (Å²) in [7, 11) is 0. The minimum Gasteiger partial charge on any atom is -0.508 e. The van der Waals surface area contributed by atoms with E-state index in [4.69, 9.17) is 15.9 Å². The Hall–Kier alpha value is -2.16. The van der Waals surface area contributed by atoms with Gasteiger partial charge in [-0.25, -0.2) is 0 Å². The van der Waals surface area contributed by atoms with E-state index in [-0.39, 0.29) is 5.75 Å². The summed E-state index contributed by atoms with van der Waals surface area (Å²) in [4.78, 5) is 0. The number of nitrogen functional groups attached to an aromatic ring is 1. The van der Waals surface area contributed by atoms with E-state index in [0.717, 1.165) is 0 Å². The first kappa shape index (κ1) is 10.9. The Morgan fingerprint density at radius 3 is 1.67 bits per heavy atom. The fourth-order valence-corrected chi connectivity index (χ4v) is 0.953. The lowest BCUT2D eigenvalue weighted by Gasteiger charge is -1.90. The second-order valence-electron chi connectivity index (χ2n) is 2.93. The minimum absolute atomic E-state index is 0.213. The van der Waals surface area contributed by atoms with Crippen LogP contribution in [0.2, 0.25) is 0 Å². The molecule has 0 saturated carbocycles. The first-order valence-electron chi connectivity index (χ1n) is 4.47.